The van der Waals surface area contributed by atoms with E-state index in [2.05, 4.69) is 20.4 Å². The molecule has 0 radical (unpaired) electrons. The van der Waals surface area contributed by atoms with E-state index in [1.165, 1.54) is 22.9 Å². The van der Waals surface area contributed by atoms with Gasteiger partial charge in [0, 0.05) is 12.2 Å². The van der Waals surface area contributed by atoms with Gasteiger partial charge in [-0.25, -0.2) is 4.98 Å². The molecule has 3 N–H and O–H groups in total. The Kier molecular flexibility index (Phi) is 8.77. The number of aromatic nitrogens is 2. The summed E-state index contributed by atoms with van der Waals surface area (Å²) in [5.41, 5.74) is 2.77. The van der Waals surface area contributed by atoms with Crippen LogP contribution in [0.2, 0.25) is 0 Å². The summed E-state index contributed by atoms with van der Waals surface area (Å²) in [6, 6.07) is 12.5. The molecule has 0 aliphatic heterocycles. The largest absolute Gasteiger partial charge is 0.573 e. The minimum absolute atomic E-state index is 0.0757. The van der Waals surface area contributed by atoms with Crippen LogP contribution in [-0.4, -0.2) is 38.6 Å². The van der Waals surface area contributed by atoms with Gasteiger partial charge in [0.2, 0.25) is 11.8 Å². The number of nitrogens with one attached hydrogen (secondary N) is 2. The maximum absolute atomic E-state index is 12.5. The maximum Gasteiger partial charge on any atom is 0.573 e. The predicted molar refractivity (Wildman–Crippen MR) is 124 cm³/mol. The first-order valence-corrected chi connectivity index (χ1v) is 11.4. The van der Waals surface area contributed by atoms with Gasteiger partial charge in [-0.3, -0.25) is 9.59 Å². The van der Waals surface area contributed by atoms with Crippen LogP contribution in [0.1, 0.15) is 16.8 Å². The number of aliphatic hydroxyl groups is 1. The van der Waals surface area contributed by atoms with Crippen LogP contribution < -0.4 is 15.4 Å². The number of aliphatic hydroxyl groups excluding tert-OH is 1. The Hall–Kier alpha value is -3.51. The van der Waals surface area contributed by atoms with Crippen LogP contribution in [-0.2, 0) is 29.3 Å². The van der Waals surface area contributed by atoms with Crippen LogP contribution in [0.25, 0.3) is 0 Å². The van der Waals surface area contributed by atoms with Crippen molar-refractivity contribution in [2.45, 2.75) is 38.1 Å². The van der Waals surface area contributed by atoms with Crippen molar-refractivity contribution in [2.24, 2.45) is 0 Å². The van der Waals surface area contributed by atoms with Gasteiger partial charge in [-0.05, 0) is 36.8 Å². The second kappa shape index (κ2) is 11.8. The maximum atomic E-state index is 12.5. The van der Waals surface area contributed by atoms with Crippen LogP contribution >= 0.6 is 11.8 Å². The highest BCUT2D eigenvalue weighted by atomic mass is 32.2. The van der Waals surface area contributed by atoms with Crippen LogP contribution in [0.15, 0.2) is 59.9 Å². The smallest absolute Gasteiger partial charge is 0.406 e. The molecule has 0 atom stereocenters. The number of carbonyl (C=O) groups is 2. The molecule has 3 aromatic rings. The van der Waals surface area contributed by atoms with E-state index >= 15 is 0 Å². The third-order valence-corrected chi connectivity index (χ3v) is 5.67. The summed E-state index contributed by atoms with van der Waals surface area (Å²) in [5, 5.41) is 15.3. The topological polar surface area (TPSA) is 105 Å². The Balaban J connectivity index is 1.53. The quantitative estimate of drug-likeness (QED) is 0.361. The minimum Gasteiger partial charge on any atom is -0.406 e. The number of carbonyl (C=O) groups excluding carboxylic acids is 2. The number of alkyl halides is 3. The summed E-state index contributed by atoms with van der Waals surface area (Å²) in [5.74, 6) is -1.19. The van der Waals surface area contributed by atoms with E-state index in [1.54, 1.807) is 0 Å². The Morgan fingerprint density at radius 2 is 1.77 bits per heavy atom. The molecular formula is C23H23F3N4O4S. The van der Waals surface area contributed by atoms with E-state index in [-0.39, 0.29) is 24.8 Å². The van der Waals surface area contributed by atoms with Crippen molar-refractivity contribution < 1.29 is 32.6 Å². The third-order valence-electron chi connectivity index (χ3n) is 4.68. The molecule has 0 saturated heterocycles. The second-order valence-electron chi connectivity index (χ2n) is 7.45. The lowest BCUT2D eigenvalue weighted by Gasteiger charge is -2.12. The van der Waals surface area contributed by atoms with Crippen molar-refractivity contribution >= 4 is 29.3 Å². The molecular weight excluding hydrogens is 485 g/mol. The molecule has 1 aromatic heterocycles. The monoisotopic (exact) mass is 508 g/mol. The highest BCUT2D eigenvalue weighted by molar-refractivity contribution is 7.99. The summed E-state index contributed by atoms with van der Waals surface area (Å²) < 4.78 is 42.0. The number of nitrogens with zero attached hydrogens (tertiary/aromatic N) is 2. The molecule has 1 heterocycles. The van der Waals surface area contributed by atoms with Crippen molar-refractivity contribution in [3.63, 3.8) is 0 Å². The molecule has 0 fully saturated rings. The predicted octanol–water partition coefficient (Wildman–Crippen LogP) is 3.63. The van der Waals surface area contributed by atoms with Gasteiger partial charge in [-0.2, -0.15) is 0 Å². The van der Waals surface area contributed by atoms with Gasteiger partial charge < -0.3 is 25.0 Å². The van der Waals surface area contributed by atoms with Crippen molar-refractivity contribution in [1.29, 1.82) is 0 Å². The van der Waals surface area contributed by atoms with Crippen LogP contribution in [0, 0.1) is 6.92 Å². The summed E-state index contributed by atoms with van der Waals surface area (Å²) in [6.45, 7) is 1.89. The summed E-state index contributed by atoms with van der Waals surface area (Å²) in [7, 11) is 0. The number of rotatable bonds is 10. The van der Waals surface area contributed by atoms with E-state index in [4.69, 9.17) is 0 Å². The molecule has 3 rings (SSSR count). The molecule has 2 amide bonds. The fourth-order valence-corrected chi connectivity index (χ4v) is 3.77. The van der Waals surface area contributed by atoms with E-state index in [1.807, 2.05) is 31.2 Å². The number of hydrogen-bond donors (Lipinski definition) is 3. The van der Waals surface area contributed by atoms with Gasteiger partial charge in [-0.15, -0.1) is 13.2 Å². The Labute approximate surface area is 203 Å². The number of thioether (sulfide) groups is 1. The molecule has 2 aromatic carbocycles. The molecule has 0 aliphatic rings. The second-order valence-corrected chi connectivity index (χ2v) is 8.39. The summed E-state index contributed by atoms with van der Waals surface area (Å²) >= 11 is 1.05. The van der Waals surface area contributed by atoms with Gasteiger partial charge in [0.25, 0.3) is 0 Å². The van der Waals surface area contributed by atoms with Crippen LogP contribution in [0.5, 0.6) is 5.75 Å². The number of benzene rings is 2. The summed E-state index contributed by atoms with van der Waals surface area (Å²) in [4.78, 5) is 28.9. The summed E-state index contributed by atoms with van der Waals surface area (Å²) in [6.07, 6.45) is -3.37. The van der Waals surface area contributed by atoms with E-state index in [0.717, 1.165) is 35.0 Å². The standard InChI is InChI=1S/C23H23F3N4O4S/c1-15-2-4-16(5-3-15)10-27-20(32)12-30-18(13-31)11-28-22(30)35-14-21(33)29-17-6-8-19(9-7-17)34-23(24,25)26/h2-9,11,31H,10,12-14H2,1H3,(H,27,32)(H,29,33). The first-order valence-electron chi connectivity index (χ1n) is 10.4. The number of amides is 2. The fourth-order valence-electron chi connectivity index (χ4n) is 2.98. The molecule has 8 nitrogen and oxygen atoms in total. The van der Waals surface area contributed by atoms with E-state index in [9.17, 15) is 27.9 Å². The Morgan fingerprint density at radius 3 is 2.40 bits per heavy atom. The zero-order valence-electron chi connectivity index (χ0n) is 18.6. The van der Waals surface area contributed by atoms with Gasteiger partial charge in [0.15, 0.2) is 5.16 Å². The van der Waals surface area contributed by atoms with Crippen molar-refractivity contribution in [3.05, 3.63) is 71.5 Å². The molecule has 0 aliphatic carbocycles. The number of halogens is 3. The zero-order chi connectivity index (χ0) is 25.4. The lowest BCUT2D eigenvalue weighted by molar-refractivity contribution is -0.274. The highest BCUT2D eigenvalue weighted by Crippen LogP contribution is 2.24. The minimum atomic E-state index is -4.80. The van der Waals surface area contributed by atoms with Crippen LogP contribution in [0.4, 0.5) is 18.9 Å². The van der Waals surface area contributed by atoms with Gasteiger partial charge >= 0.3 is 6.36 Å². The number of anilines is 1. The molecule has 35 heavy (non-hydrogen) atoms. The average molecular weight is 509 g/mol. The first-order chi connectivity index (χ1) is 16.6. The number of ether oxygens (including phenoxy) is 1. The van der Waals surface area contributed by atoms with Gasteiger partial charge in [0.1, 0.15) is 12.3 Å². The number of imidazole rings is 1. The molecule has 0 unspecified atom stereocenters. The Bertz CT molecular complexity index is 1150. The lowest BCUT2D eigenvalue weighted by atomic mass is 10.1. The molecule has 0 bridgehead atoms. The van der Waals surface area contributed by atoms with Crippen LogP contribution in [0.3, 0.4) is 0 Å². The first kappa shape index (κ1) is 26.1. The third kappa shape index (κ3) is 8.34. The van der Waals surface area contributed by atoms with Crippen molar-refractivity contribution in [3.8, 4) is 5.75 Å². The van der Waals surface area contributed by atoms with E-state index < -0.39 is 18.0 Å². The number of aryl methyl sites for hydroxylation is 1. The van der Waals surface area contributed by atoms with Gasteiger partial charge in [0.05, 0.1) is 24.3 Å². The number of hydrogen-bond acceptors (Lipinski definition) is 6. The van der Waals surface area contributed by atoms with E-state index in [0.29, 0.717) is 23.1 Å². The van der Waals surface area contributed by atoms with Crippen molar-refractivity contribution in [2.75, 3.05) is 11.1 Å². The highest BCUT2D eigenvalue weighted by Gasteiger charge is 2.31. The molecule has 0 spiro atoms. The SMILES string of the molecule is Cc1ccc(CNC(=O)Cn2c(CO)cnc2SCC(=O)Nc2ccc(OC(F)(F)F)cc2)cc1. The van der Waals surface area contributed by atoms with Crippen molar-refractivity contribution in [1.82, 2.24) is 14.9 Å². The normalized spacial score (nSPS) is 11.2. The zero-order valence-corrected chi connectivity index (χ0v) is 19.4. The molecule has 0 saturated carbocycles. The Morgan fingerprint density at radius 1 is 1.09 bits per heavy atom. The lowest BCUT2D eigenvalue weighted by Crippen LogP contribution is -2.28. The average Bonchev–Trinajstić information content (AvgIpc) is 3.19. The van der Waals surface area contributed by atoms with Gasteiger partial charge in [-0.1, -0.05) is 41.6 Å². The molecule has 186 valence electrons. The molecule has 12 heteroatoms. The fraction of sp³-hybridized carbons (Fsp3) is 0.261.